The van der Waals surface area contributed by atoms with Crippen LogP contribution in [0.2, 0.25) is 5.02 Å². The van der Waals surface area contributed by atoms with E-state index >= 15 is 0 Å². The SMILES string of the molecule is COc1ccc(C2=NN(C(=O)c3cccc(Cl)c3)CC2(C)C)cc1OC. The van der Waals surface area contributed by atoms with Gasteiger partial charge in [0.15, 0.2) is 11.5 Å². The van der Waals surface area contributed by atoms with Gasteiger partial charge in [-0.05, 0) is 36.4 Å². The number of hydrogen-bond acceptors (Lipinski definition) is 4. The summed E-state index contributed by atoms with van der Waals surface area (Å²) in [5, 5.41) is 6.63. The van der Waals surface area contributed by atoms with Gasteiger partial charge < -0.3 is 9.47 Å². The molecule has 26 heavy (non-hydrogen) atoms. The first kappa shape index (κ1) is 18.3. The van der Waals surface area contributed by atoms with E-state index in [9.17, 15) is 4.79 Å². The van der Waals surface area contributed by atoms with Gasteiger partial charge in [-0.25, -0.2) is 5.01 Å². The molecule has 1 aliphatic rings. The van der Waals surface area contributed by atoms with Gasteiger partial charge in [0, 0.05) is 21.6 Å². The van der Waals surface area contributed by atoms with E-state index in [1.807, 2.05) is 18.2 Å². The lowest BCUT2D eigenvalue weighted by molar-refractivity contribution is 0.0753. The molecule has 0 saturated carbocycles. The van der Waals surface area contributed by atoms with Gasteiger partial charge in [0.25, 0.3) is 5.91 Å². The van der Waals surface area contributed by atoms with Crippen LogP contribution >= 0.6 is 11.6 Å². The molecule has 0 aliphatic carbocycles. The molecular weight excluding hydrogens is 352 g/mol. The molecule has 0 saturated heterocycles. The number of nitrogens with zero attached hydrogens (tertiary/aromatic N) is 2. The maximum atomic E-state index is 12.8. The minimum atomic E-state index is -0.298. The predicted molar refractivity (Wildman–Crippen MR) is 102 cm³/mol. The Hall–Kier alpha value is -2.53. The average Bonchev–Trinajstić information content (AvgIpc) is 2.95. The van der Waals surface area contributed by atoms with E-state index < -0.39 is 0 Å². The fraction of sp³-hybridized carbons (Fsp3) is 0.300. The van der Waals surface area contributed by atoms with E-state index in [-0.39, 0.29) is 11.3 Å². The van der Waals surface area contributed by atoms with E-state index in [0.29, 0.717) is 28.6 Å². The first-order valence-corrected chi connectivity index (χ1v) is 8.62. The topological polar surface area (TPSA) is 51.1 Å². The number of rotatable bonds is 4. The van der Waals surface area contributed by atoms with Crippen molar-refractivity contribution in [3.05, 3.63) is 58.6 Å². The molecule has 0 atom stereocenters. The second kappa shape index (κ2) is 7.00. The normalized spacial score (nSPS) is 15.6. The third-order valence-corrected chi connectivity index (χ3v) is 4.60. The minimum absolute atomic E-state index is 0.170. The molecule has 0 fully saturated rings. The molecule has 0 radical (unpaired) electrons. The van der Waals surface area contributed by atoms with Crippen molar-refractivity contribution >= 4 is 23.2 Å². The zero-order valence-electron chi connectivity index (χ0n) is 15.2. The van der Waals surface area contributed by atoms with Crippen LogP contribution in [-0.4, -0.2) is 37.4 Å². The number of amides is 1. The molecule has 136 valence electrons. The highest BCUT2D eigenvalue weighted by atomic mass is 35.5. The highest BCUT2D eigenvalue weighted by Gasteiger charge is 2.38. The summed E-state index contributed by atoms with van der Waals surface area (Å²) in [6, 6.07) is 12.5. The van der Waals surface area contributed by atoms with E-state index in [1.54, 1.807) is 38.5 Å². The Bertz CT molecular complexity index is 877. The van der Waals surface area contributed by atoms with Gasteiger partial charge in [0.1, 0.15) is 0 Å². The third kappa shape index (κ3) is 3.40. The summed E-state index contributed by atoms with van der Waals surface area (Å²) < 4.78 is 10.7. The Morgan fingerprint density at radius 1 is 1.12 bits per heavy atom. The van der Waals surface area contributed by atoms with Gasteiger partial charge in [0.2, 0.25) is 0 Å². The van der Waals surface area contributed by atoms with Gasteiger partial charge in [-0.15, -0.1) is 0 Å². The number of ether oxygens (including phenoxy) is 2. The molecule has 0 spiro atoms. The van der Waals surface area contributed by atoms with Crippen molar-refractivity contribution in [1.29, 1.82) is 0 Å². The van der Waals surface area contributed by atoms with Gasteiger partial charge in [-0.3, -0.25) is 4.79 Å². The fourth-order valence-electron chi connectivity index (χ4n) is 3.06. The predicted octanol–water partition coefficient (Wildman–Crippen LogP) is 4.24. The Labute approximate surface area is 158 Å². The number of carbonyl (C=O) groups is 1. The quantitative estimate of drug-likeness (QED) is 0.806. The molecule has 1 aliphatic heterocycles. The molecule has 6 heteroatoms. The van der Waals surface area contributed by atoms with Crippen molar-refractivity contribution in [1.82, 2.24) is 5.01 Å². The molecule has 1 amide bonds. The second-order valence-corrected chi connectivity index (χ2v) is 7.21. The molecule has 3 rings (SSSR count). The van der Waals surface area contributed by atoms with Crippen molar-refractivity contribution in [3.8, 4) is 11.5 Å². The van der Waals surface area contributed by atoms with Crippen LogP contribution in [0.4, 0.5) is 0 Å². The van der Waals surface area contributed by atoms with Crippen LogP contribution in [0.25, 0.3) is 0 Å². The Kier molecular flexibility index (Phi) is 4.92. The number of hydrogen-bond donors (Lipinski definition) is 0. The number of methoxy groups -OCH3 is 2. The molecule has 0 N–H and O–H groups in total. The summed E-state index contributed by atoms with van der Waals surface area (Å²) in [6.45, 7) is 4.61. The summed E-state index contributed by atoms with van der Waals surface area (Å²) in [4.78, 5) is 12.8. The van der Waals surface area contributed by atoms with Crippen LogP contribution in [-0.2, 0) is 0 Å². The lowest BCUT2D eigenvalue weighted by atomic mass is 9.84. The molecule has 0 unspecified atom stereocenters. The monoisotopic (exact) mass is 372 g/mol. The van der Waals surface area contributed by atoms with Gasteiger partial charge >= 0.3 is 0 Å². The highest BCUT2D eigenvalue weighted by molar-refractivity contribution is 6.31. The van der Waals surface area contributed by atoms with Gasteiger partial charge in [-0.1, -0.05) is 31.5 Å². The van der Waals surface area contributed by atoms with Crippen molar-refractivity contribution in [2.45, 2.75) is 13.8 Å². The first-order valence-electron chi connectivity index (χ1n) is 8.24. The molecule has 1 heterocycles. The smallest absolute Gasteiger partial charge is 0.274 e. The molecule has 0 aromatic heterocycles. The van der Waals surface area contributed by atoms with Crippen LogP contribution in [0, 0.1) is 5.41 Å². The highest BCUT2D eigenvalue weighted by Crippen LogP contribution is 2.35. The summed E-state index contributed by atoms with van der Waals surface area (Å²) in [7, 11) is 3.19. The number of benzene rings is 2. The molecule has 2 aromatic carbocycles. The maximum Gasteiger partial charge on any atom is 0.274 e. The molecular formula is C20H21ClN2O3. The first-order chi connectivity index (χ1) is 12.4. The van der Waals surface area contributed by atoms with E-state index in [4.69, 9.17) is 21.1 Å². The van der Waals surface area contributed by atoms with Gasteiger partial charge in [0.05, 0.1) is 26.5 Å². The summed E-state index contributed by atoms with van der Waals surface area (Å²) in [6.07, 6.45) is 0. The molecule has 5 nitrogen and oxygen atoms in total. The average molecular weight is 373 g/mol. The second-order valence-electron chi connectivity index (χ2n) is 6.78. The largest absolute Gasteiger partial charge is 0.493 e. The number of carbonyl (C=O) groups excluding carboxylic acids is 1. The summed E-state index contributed by atoms with van der Waals surface area (Å²) in [5.41, 5.74) is 1.95. The third-order valence-electron chi connectivity index (χ3n) is 4.37. The van der Waals surface area contributed by atoms with Crippen LogP contribution in [0.1, 0.15) is 29.8 Å². The zero-order valence-corrected chi connectivity index (χ0v) is 16.0. The van der Waals surface area contributed by atoms with E-state index in [2.05, 4.69) is 18.9 Å². The standard InChI is InChI=1S/C20H21ClN2O3/c1-20(2)12-23(19(24)14-6-5-7-15(21)10-14)22-18(20)13-8-9-16(25-3)17(11-13)26-4/h5-11H,12H2,1-4H3. The number of halogens is 1. The van der Waals surface area contributed by atoms with Crippen LogP contribution in [0.15, 0.2) is 47.6 Å². The molecule has 2 aromatic rings. The minimum Gasteiger partial charge on any atom is -0.493 e. The van der Waals surface area contributed by atoms with Crippen LogP contribution < -0.4 is 9.47 Å². The van der Waals surface area contributed by atoms with Crippen molar-refractivity contribution < 1.29 is 14.3 Å². The molecule has 0 bridgehead atoms. The lowest BCUT2D eigenvalue weighted by Gasteiger charge is -2.21. The van der Waals surface area contributed by atoms with E-state index in [0.717, 1.165) is 11.3 Å². The van der Waals surface area contributed by atoms with Crippen LogP contribution in [0.5, 0.6) is 11.5 Å². The maximum absolute atomic E-state index is 12.8. The Morgan fingerprint density at radius 3 is 2.50 bits per heavy atom. The van der Waals surface area contributed by atoms with Gasteiger partial charge in [-0.2, -0.15) is 5.10 Å². The van der Waals surface area contributed by atoms with Crippen molar-refractivity contribution in [2.24, 2.45) is 10.5 Å². The summed E-state index contributed by atoms with van der Waals surface area (Å²) in [5.74, 6) is 1.11. The van der Waals surface area contributed by atoms with Crippen molar-refractivity contribution in [3.63, 3.8) is 0 Å². The van der Waals surface area contributed by atoms with E-state index in [1.165, 1.54) is 5.01 Å². The van der Waals surface area contributed by atoms with Crippen molar-refractivity contribution in [2.75, 3.05) is 20.8 Å². The Balaban J connectivity index is 1.96. The fourth-order valence-corrected chi connectivity index (χ4v) is 3.25. The van der Waals surface area contributed by atoms with Crippen LogP contribution in [0.3, 0.4) is 0 Å². The zero-order chi connectivity index (χ0) is 18.9. The summed E-state index contributed by atoms with van der Waals surface area (Å²) >= 11 is 6.01. The number of hydrazone groups is 1. The lowest BCUT2D eigenvalue weighted by Crippen LogP contribution is -2.31. The Morgan fingerprint density at radius 2 is 1.85 bits per heavy atom.